The van der Waals surface area contributed by atoms with Crippen molar-refractivity contribution in [3.63, 3.8) is 0 Å². The standard InChI is InChI=1S/C21H21N5OS2/c1-3-15(16-8-6-10-28-16)26-19-17-13(2)18(29-21(17)25-12-24-19)20(27)23-11-14-7-4-5-9-22-14/h4-10,12,15H,3,11H2,1-2H3,(H,23,27)(H,24,25,26)/t15-/m0/s1. The Morgan fingerprint density at radius 3 is 2.79 bits per heavy atom. The van der Waals surface area contributed by atoms with Crippen molar-refractivity contribution in [2.45, 2.75) is 32.9 Å². The average molecular weight is 424 g/mol. The van der Waals surface area contributed by atoms with Gasteiger partial charge in [0.1, 0.15) is 17.0 Å². The van der Waals surface area contributed by atoms with E-state index in [1.807, 2.05) is 25.1 Å². The second kappa shape index (κ2) is 8.67. The molecule has 0 aromatic carbocycles. The molecule has 0 saturated carbocycles. The summed E-state index contributed by atoms with van der Waals surface area (Å²) >= 11 is 3.12. The van der Waals surface area contributed by atoms with E-state index in [1.165, 1.54) is 16.2 Å². The molecule has 0 aliphatic rings. The number of hydrogen-bond donors (Lipinski definition) is 2. The van der Waals surface area contributed by atoms with Crippen LogP contribution in [0.5, 0.6) is 0 Å². The maximum absolute atomic E-state index is 12.8. The van der Waals surface area contributed by atoms with Crippen LogP contribution in [0.15, 0.2) is 48.2 Å². The zero-order valence-electron chi connectivity index (χ0n) is 16.2. The van der Waals surface area contributed by atoms with Gasteiger partial charge < -0.3 is 10.6 Å². The molecule has 6 nitrogen and oxygen atoms in total. The third-order valence-corrected chi connectivity index (χ3v) is 6.88. The fourth-order valence-electron chi connectivity index (χ4n) is 3.18. The summed E-state index contributed by atoms with van der Waals surface area (Å²) in [5, 5.41) is 9.49. The largest absolute Gasteiger partial charge is 0.362 e. The molecule has 8 heteroatoms. The number of thiophene rings is 2. The zero-order valence-corrected chi connectivity index (χ0v) is 17.8. The predicted molar refractivity (Wildman–Crippen MR) is 119 cm³/mol. The number of carbonyl (C=O) groups excluding carboxylic acids is 1. The number of carbonyl (C=O) groups is 1. The minimum absolute atomic E-state index is 0.118. The maximum atomic E-state index is 12.8. The number of fused-ring (bicyclic) bond motifs is 1. The van der Waals surface area contributed by atoms with E-state index in [0.717, 1.165) is 33.7 Å². The Labute approximate surface area is 177 Å². The number of anilines is 1. The van der Waals surface area contributed by atoms with Gasteiger partial charge in [-0.25, -0.2) is 9.97 Å². The molecule has 0 fully saturated rings. The maximum Gasteiger partial charge on any atom is 0.262 e. The number of aromatic nitrogens is 3. The van der Waals surface area contributed by atoms with Crippen molar-refractivity contribution < 1.29 is 4.79 Å². The Balaban J connectivity index is 1.60. The van der Waals surface area contributed by atoms with Crippen molar-refractivity contribution in [2.75, 3.05) is 5.32 Å². The van der Waals surface area contributed by atoms with E-state index >= 15 is 0 Å². The van der Waals surface area contributed by atoms with Gasteiger partial charge in [0.15, 0.2) is 0 Å². The SMILES string of the molecule is CC[C@H](Nc1ncnc2sc(C(=O)NCc3ccccn3)c(C)c12)c1cccs1. The van der Waals surface area contributed by atoms with Crippen LogP contribution >= 0.6 is 22.7 Å². The summed E-state index contributed by atoms with van der Waals surface area (Å²) < 4.78 is 0. The summed E-state index contributed by atoms with van der Waals surface area (Å²) in [4.78, 5) is 28.6. The van der Waals surface area contributed by atoms with Crippen LogP contribution in [0.1, 0.15) is 45.2 Å². The van der Waals surface area contributed by atoms with Crippen molar-refractivity contribution in [1.82, 2.24) is 20.3 Å². The summed E-state index contributed by atoms with van der Waals surface area (Å²) in [7, 11) is 0. The summed E-state index contributed by atoms with van der Waals surface area (Å²) in [6.45, 7) is 4.49. The lowest BCUT2D eigenvalue weighted by molar-refractivity contribution is 0.0954. The molecule has 1 amide bonds. The highest BCUT2D eigenvalue weighted by atomic mass is 32.1. The third-order valence-electron chi connectivity index (χ3n) is 4.70. The highest BCUT2D eigenvalue weighted by molar-refractivity contribution is 7.20. The van der Waals surface area contributed by atoms with Gasteiger partial charge in [-0.2, -0.15) is 0 Å². The predicted octanol–water partition coefficient (Wildman–Crippen LogP) is 4.95. The van der Waals surface area contributed by atoms with Crippen molar-refractivity contribution in [3.8, 4) is 0 Å². The third kappa shape index (κ3) is 4.13. The van der Waals surface area contributed by atoms with E-state index in [-0.39, 0.29) is 11.9 Å². The van der Waals surface area contributed by atoms with Crippen LogP contribution in [0.3, 0.4) is 0 Å². The first kappa shape index (κ1) is 19.5. The van der Waals surface area contributed by atoms with Crippen LogP contribution in [-0.2, 0) is 6.54 Å². The molecule has 4 heterocycles. The van der Waals surface area contributed by atoms with E-state index in [1.54, 1.807) is 23.9 Å². The first-order valence-electron chi connectivity index (χ1n) is 9.39. The number of hydrogen-bond acceptors (Lipinski definition) is 7. The quantitative estimate of drug-likeness (QED) is 0.440. The first-order chi connectivity index (χ1) is 14.2. The molecule has 2 N–H and O–H groups in total. The second-order valence-electron chi connectivity index (χ2n) is 6.58. The normalized spacial score (nSPS) is 12.1. The van der Waals surface area contributed by atoms with Gasteiger partial charge in [0, 0.05) is 11.1 Å². The zero-order chi connectivity index (χ0) is 20.2. The number of rotatable bonds is 7. The molecule has 0 aliphatic carbocycles. The van der Waals surface area contributed by atoms with Gasteiger partial charge in [0.05, 0.1) is 28.5 Å². The van der Waals surface area contributed by atoms with Crippen LogP contribution in [-0.4, -0.2) is 20.9 Å². The van der Waals surface area contributed by atoms with Gasteiger partial charge in [-0.3, -0.25) is 9.78 Å². The molecule has 1 atom stereocenters. The monoisotopic (exact) mass is 423 g/mol. The van der Waals surface area contributed by atoms with Gasteiger partial charge in [-0.15, -0.1) is 22.7 Å². The summed E-state index contributed by atoms with van der Waals surface area (Å²) in [6, 6.07) is 10.0. The Hall–Kier alpha value is -2.84. The molecule has 148 valence electrons. The number of aryl methyl sites for hydroxylation is 1. The van der Waals surface area contributed by atoms with E-state index in [2.05, 4.69) is 50.0 Å². The van der Waals surface area contributed by atoms with E-state index in [4.69, 9.17) is 0 Å². The number of pyridine rings is 1. The molecule has 0 radical (unpaired) electrons. The number of amides is 1. The van der Waals surface area contributed by atoms with Gasteiger partial charge >= 0.3 is 0 Å². The molecule has 0 spiro atoms. The number of nitrogens with one attached hydrogen (secondary N) is 2. The lowest BCUT2D eigenvalue weighted by Crippen LogP contribution is -2.23. The van der Waals surface area contributed by atoms with E-state index < -0.39 is 0 Å². The lowest BCUT2D eigenvalue weighted by atomic mass is 10.1. The topological polar surface area (TPSA) is 79.8 Å². The second-order valence-corrected chi connectivity index (χ2v) is 8.56. The van der Waals surface area contributed by atoms with Gasteiger partial charge in [0.25, 0.3) is 5.91 Å². The molecule has 4 aromatic heterocycles. The first-order valence-corrected chi connectivity index (χ1v) is 11.1. The molecular formula is C21H21N5OS2. The summed E-state index contributed by atoms with van der Waals surface area (Å²) in [5.74, 6) is 0.653. The molecule has 0 unspecified atom stereocenters. The Morgan fingerprint density at radius 2 is 2.07 bits per heavy atom. The fraction of sp³-hybridized carbons (Fsp3) is 0.238. The highest BCUT2D eigenvalue weighted by Crippen LogP contribution is 2.35. The highest BCUT2D eigenvalue weighted by Gasteiger charge is 2.21. The van der Waals surface area contributed by atoms with Gasteiger partial charge in [0.2, 0.25) is 0 Å². The molecule has 4 aromatic rings. The van der Waals surface area contributed by atoms with Crippen molar-refractivity contribution in [1.29, 1.82) is 0 Å². The van der Waals surface area contributed by atoms with Crippen LogP contribution in [0.2, 0.25) is 0 Å². The van der Waals surface area contributed by atoms with Crippen molar-refractivity contribution in [3.05, 3.63) is 69.2 Å². The molecular weight excluding hydrogens is 402 g/mol. The van der Waals surface area contributed by atoms with Gasteiger partial charge in [-0.05, 0) is 42.5 Å². The van der Waals surface area contributed by atoms with Crippen LogP contribution in [0, 0.1) is 6.92 Å². The Bertz CT molecular complexity index is 1110. The summed E-state index contributed by atoms with van der Waals surface area (Å²) in [6.07, 6.45) is 4.21. The minimum atomic E-state index is -0.118. The Morgan fingerprint density at radius 1 is 1.17 bits per heavy atom. The van der Waals surface area contributed by atoms with Crippen LogP contribution in [0.25, 0.3) is 10.2 Å². The molecule has 0 saturated heterocycles. The van der Waals surface area contributed by atoms with E-state index in [0.29, 0.717) is 11.4 Å². The lowest BCUT2D eigenvalue weighted by Gasteiger charge is -2.16. The van der Waals surface area contributed by atoms with Crippen molar-refractivity contribution in [2.24, 2.45) is 0 Å². The van der Waals surface area contributed by atoms with Crippen molar-refractivity contribution >= 4 is 44.6 Å². The van der Waals surface area contributed by atoms with Crippen LogP contribution in [0.4, 0.5) is 5.82 Å². The molecule has 0 aliphatic heterocycles. The molecule has 4 rings (SSSR count). The minimum Gasteiger partial charge on any atom is -0.362 e. The smallest absolute Gasteiger partial charge is 0.262 e. The van der Waals surface area contributed by atoms with Crippen LogP contribution < -0.4 is 10.6 Å². The van der Waals surface area contributed by atoms with E-state index in [9.17, 15) is 4.79 Å². The molecule has 29 heavy (non-hydrogen) atoms. The van der Waals surface area contributed by atoms with Gasteiger partial charge in [-0.1, -0.05) is 19.1 Å². The summed E-state index contributed by atoms with van der Waals surface area (Å²) in [5.41, 5.74) is 1.72. The average Bonchev–Trinajstić information content (AvgIpc) is 3.40. The number of nitrogens with zero attached hydrogens (tertiary/aromatic N) is 3. The molecule has 0 bridgehead atoms. The fourth-order valence-corrected chi connectivity index (χ4v) is 5.11. The Kier molecular flexibility index (Phi) is 5.82.